The molecule has 0 radical (unpaired) electrons. The molecule has 0 atom stereocenters. The van der Waals surface area contributed by atoms with Crippen LogP contribution in [0.3, 0.4) is 0 Å². The van der Waals surface area contributed by atoms with E-state index in [-0.39, 0.29) is 11.8 Å². The summed E-state index contributed by atoms with van der Waals surface area (Å²) < 4.78 is 11.1. The van der Waals surface area contributed by atoms with Crippen molar-refractivity contribution in [2.24, 2.45) is 5.92 Å². The molecule has 1 N–H and O–H groups in total. The molecular formula is C18H22N2O3S. The molecule has 0 aliphatic heterocycles. The Bertz CT molecular complexity index is 680. The van der Waals surface area contributed by atoms with Crippen molar-refractivity contribution in [1.82, 2.24) is 4.98 Å². The normalized spacial score (nSPS) is 20.6. The number of ether oxygens (including phenoxy) is 2. The minimum absolute atomic E-state index is 0.0722. The summed E-state index contributed by atoms with van der Waals surface area (Å²) in [5, 5.41) is 5.51. The number of aryl methyl sites for hydroxylation is 1. The minimum atomic E-state index is 0.0722. The zero-order chi connectivity index (χ0) is 16.9. The Morgan fingerprint density at radius 2 is 2.08 bits per heavy atom. The molecule has 1 aromatic carbocycles. The molecule has 1 aromatic heterocycles. The Morgan fingerprint density at radius 1 is 1.29 bits per heavy atom. The Hall–Kier alpha value is -1.92. The number of aromatic nitrogens is 1. The highest BCUT2D eigenvalue weighted by atomic mass is 32.1. The largest absolute Gasteiger partial charge is 0.431 e. The Labute approximate surface area is 146 Å². The highest BCUT2D eigenvalue weighted by molar-refractivity contribution is 7.11. The number of carbonyl (C=O) groups is 1. The predicted octanol–water partition coefficient (Wildman–Crippen LogP) is 4.39. The maximum atomic E-state index is 12.4. The number of nitrogens with one attached hydrogen (secondary N) is 1. The first-order chi connectivity index (χ1) is 11.7. The standard InChI is InChI=1S/C18H22N2O3S/c1-12-11-14(5-8-16(12)23-18-19-9-10-24-18)20-17(21)13-3-6-15(22-2)7-4-13/h5,8-11,13,15H,3-4,6-7H2,1-2H3,(H,20,21). The highest BCUT2D eigenvalue weighted by Crippen LogP contribution is 2.30. The van der Waals surface area contributed by atoms with Crippen LogP contribution in [-0.2, 0) is 9.53 Å². The molecule has 128 valence electrons. The number of nitrogens with zero attached hydrogens (tertiary/aromatic N) is 1. The van der Waals surface area contributed by atoms with Crippen LogP contribution in [0.5, 0.6) is 10.9 Å². The predicted molar refractivity (Wildman–Crippen MR) is 94.8 cm³/mol. The number of amides is 1. The van der Waals surface area contributed by atoms with E-state index in [0.29, 0.717) is 11.3 Å². The van der Waals surface area contributed by atoms with Crippen molar-refractivity contribution in [2.45, 2.75) is 38.7 Å². The number of anilines is 1. The van der Waals surface area contributed by atoms with Crippen molar-refractivity contribution in [2.75, 3.05) is 12.4 Å². The molecule has 1 heterocycles. The van der Waals surface area contributed by atoms with E-state index in [9.17, 15) is 4.79 Å². The second-order valence-electron chi connectivity index (χ2n) is 6.08. The SMILES string of the molecule is COC1CCC(C(=O)Nc2ccc(Oc3nccs3)c(C)c2)CC1. The topological polar surface area (TPSA) is 60.5 Å². The van der Waals surface area contributed by atoms with Gasteiger partial charge in [0.15, 0.2) is 0 Å². The molecule has 2 aromatic rings. The quantitative estimate of drug-likeness (QED) is 0.872. The summed E-state index contributed by atoms with van der Waals surface area (Å²) in [5.74, 6) is 0.920. The molecule has 5 nitrogen and oxygen atoms in total. The van der Waals surface area contributed by atoms with Gasteiger partial charge in [-0.2, -0.15) is 0 Å². The van der Waals surface area contributed by atoms with Crippen LogP contribution in [0.25, 0.3) is 0 Å². The molecule has 3 rings (SSSR count). The third-order valence-electron chi connectivity index (χ3n) is 4.43. The van der Waals surface area contributed by atoms with Gasteiger partial charge in [-0.05, 0) is 56.4 Å². The summed E-state index contributed by atoms with van der Waals surface area (Å²) in [6.07, 6.45) is 5.69. The van der Waals surface area contributed by atoms with Crippen LogP contribution >= 0.6 is 11.3 Å². The molecule has 0 spiro atoms. The van der Waals surface area contributed by atoms with E-state index in [0.717, 1.165) is 42.7 Å². The first-order valence-electron chi connectivity index (χ1n) is 8.17. The maximum absolute atomic E-state index is 12.4. The molecule has 1 aliphatic carbocycles. The van der Waals surface area contributed by atoms with E-state index >= 15 is 0 Å². The summed E-state index contributed by atoms with van der Waals surface area (Å²) in [6, 6.07) is 5.67. The van der Waals surface area contributed by atoms with E-state index < -0.39 is 0 Å². The number of rotatable bonds is 5. The first kappa shape index (κ1) is 16.9. The molecular weight excluding hydrogens is 324 g/mol. The summed E-state index contributed by atoms with van der Waals surface area (Å²) >= 11 is 1.45. The van der Waals surface area contributed by atoms with Crippen molar-refractivity contribution in [1.29, 1.82) is 0 Å². The van der Waals surface area contributed by atoms with Crippen molar-refractivity contribution >= 4 is 22.9 Å². The molecule has 1 fully saturated rings. The lowest BCUT2D eigenvalue weighted by molar-refractivity contribution is -0.121. The van der Waals surface area contributed by atoms with Crippen LogP contribution < -0.4 is 10.1 Å². The number of benzene rings is 1. The lowest BCUT2D eigenvalue weighted by Crippen LogP contribution is -2.29. The number of carbonyl (C=O) groups excluding carboxylic acids is 1. The number of thiazole rings is 1. The molecule has 0 saturated heterocycles. The molecule has 1 aliphatic rings. The van der Waals surface area contributed by atoms with Crippen LogP contribution in [0.15, 0.2) is 29.8 Å². The van der Waals surface area contributed by atoms with E-state index in [4.69, 9.17) is 9.47 Å². The summed E-state index contributed by atoms with van der Waals surface area (Å²) in [7, 11) is 1.74. The van der Waals surface area contributed by atoms with Crippen LogP contribution in [0.2, 0.25) is 0 Å². The highest BCUT2D eigenvalue weighted by Gasteiger charge is 2.26. The van der Waals surface area contributed by atoms with Crippen molar-refractivity contribution in [3.05, 3.63) is 35.3 Å². The molecule has 24 heavy (non-hydrogen) atoms. The second-order valence-corrected chi connectivity index (χ2v) is 6.94. The van der Waals surface area contributed by atoms with E-state index in [1.54, 1.807) is 13.3 Å². The van der Waals surface area contributed by atoms with Crippen molar-refractivity contribution in [3.8, 4) is 10.9 Å². The molecule has 1 saturated carbocycles. The fourth-order valence-electron chi connectivity index (χ4n) is 3.00. The van der Waals surface area contributed by atoms with Crippen LogP contribution in [0, 0.1) is 12.8 Å². The lowest BCUT2D eigenvalue weighted by Gasteiger charge is -2.26. The van der Waals surface area contributed by atoms with Gasteiger partial charge in [0.25, 0.3) is 5.19 Å². The first-order valence-corrected chi connectivity index (χ1v) is 9.05. The van der Waals surface area contributed by atoms with Crippen LogP contribution in [0.4, 0.5) is 5.69 Å². The molecule has 1 amide bonds. The van der Waals surface area contributed by atoms with E-state index in [1.165, 1.54) is 11.3 Å². The molecule has 6 heteroatoms. The zero-order valence-electron chi connectivity index (χ0n) is 14.0. The minimum Gasteiger partial charge on any atom is -0.431 e. The second kappa shape index (κ2) is 7.77. The van der Waals surface area contributed by atoms with Crippen molar-refractivity contribution < 1.29 is 14.3 Å². The summed E-state index contributed by atoms with van der Waals surface area (Å²) in [5.41, 5.74) is 1.77. The van der Waals surface area contributed by atoms with Crippen molar-refractivity contribution in [3.63, 3.8) is 0 Å². The van der Waals surface area contributed by atoms with Crippen LogP contribution in [0.1, 0.15) is 31.2 Å². The van der Waals surface area contributed by atoms with Gasteiger partial charge in [-0.25, -0.2) is 4.98 Å². The van der Waals surface area contributed by atoms with Gasteiger partial charge in [0.05, 0.1) is 6.10 Å². The number of hydrogen-bond donors (Lipinski definition) is 1. The van der Waals surface area contributed by atoms with Crippen LogP contribution in [-0.4, -0.2) is 24.1 Å². The average Bonchev–Trinajstić information content (AvgIpc) is 3.10. The fourth-order valence-corrected chi connectivity index (χ4v) is 3.50. The monoisotopic (exact) mass is 346 g/mol. The fraction of sp³-hybridized carbons (Fsp3) is 0.444. The zero-order valence-corrected chi connectivity index (χ0v) is 14.8. The van der Waals surface area contributed by atoms with Gasteiger partial charge in [-0.15, -0.1) is 0 Å². The number of hydrogen-bond acceptors (Lipinski definition) is 5. The van der Waals surface area contributed by atoms with Gasteiger partial charge in [-0.3, -0.25) is 4.79 Å². The Kier molecular flexibility index (Phi) is 5.48. The van der Waals surface area contributed by atoms with E-state index in [2.05, 4.69) is 10.3 Å². The number of methoxy groups -OCH3 is 1. The van der Waals surface area contributed by atoms with E-state index in [1.807, 2.05) is 30.5 Å². The third kappa shape index (κ3) is 4.13. The van der Waals surface area contributed by atoms with Gasteiger partial charge in [0, 0.05) is 30.3 Å². The third-order valence-corrected chi connectivity index (χ3v) is 5.08. The smallest absolute Gasteiger partial charge is 0.278 e. The molecule has 0 unspecified atom stereocenters. The Morgan fingerprint density at radius 3 is 2.71 bits per heavy atom. The summed E-state index contributed by atoms with van der Waals surface area (Å²) in [6.45, 7) is 1.96. The summed E-state index contributed by atoms with van der Waals surface area (Å²) in [4.78, 5) is 16.5. The van der Waals surface area contributed by atoms with Gasteiger partial charge in [0.1, 0.15) is 5.75 Å². The van der Waals surface area contributed by atoms with Gasteiger partial charge >= 0.3 is 0 Å². The maximum Gasteiger partial charge on any atom is 0.278 e. The average molecular weight is 346 g/mol. The van der Waals surface area contributed by atoms with Gasteiger partial charge < -0.3 is 14.8 Å². The lowest BCUT2D eigenvalue weighted by atomic mass is 9.87. The Balaban J connectivity index is 1.59. The van der Waals surface area contributed by atoms with Gasteiger partial charge in [0.2, 0.25) is 5.91 Å². The van der Waals surface area contributed by atoms with Gasteiger partial charge in [-0.1, -0.05) is 11.3 Å². The molecule has 0 bridgehead atoms.